The number of hydrogen-bond donors (Lipinski definition) is 1. The third-order valence-electron chi connectivity index (χ3n) is 4.07. The van der Waals surface area contributed by atoms with Crippen LogP contribution in [0.4, 0.5) is 0 Å². The molecule has 1 aromatic carbocycles. The highest BCUT2D eigenvalue weighted by atomic mass is 16.6. The first-order chi connectivity index (χ1) is 10.2. The van der Waals surface area contributed by atoms with E-state index in [1.165, 1.54) is 6.92 Å². The summed E-state index contributed by atoms with van der Waals surface area (Å²) in [6, 6.07) is 5.00. The number of benzene rings is 1. The summed E-state index contributed by atoms with van der Waals surface area (Å²) >= 11 is 0. The van der Waals surface area contributed by atoms with Crippen molar-refractivity contribution < 1.29 is 19.1 Å². The Kier molecular flexibility index (Phi) is 4.56. The summed E-state index contributed by atoms with van der Waals surface area (Å²) in [5.74, 6) is 0.435. The highest BCUT2D eigenvalue weighted by Crippen LogP contribution is 2.35. The van der Waals surface area contributed by atoms with Crippen LogP contribution in [0.25, 0.3) is 0 Å². The molecule has 1 heterocycles. The number of ketones is 1. The number of ether oxygens (including phenoxy) is 2. The van der Waals surface area contributed by atoms with Crippen LogP contribution in [0.2, 0.25) is 0 Å². The number of Topliss-reactive ketones (excluding diaryl/α,β-unsaturated/α-hetero) is 1. The second-order valence-corrected chi connectivity index (χ2v) is 6.22. The molecule has 0 spiro atoms. The van der Waals surface area contributed by atoms with Crippen LogP contribution in [0.15, 0.2) is 18.2 Å². The molecule has 1 aromatic rings. The Bertz CT molecular complexity index is 594. The fourth-order valence-corrected chi connectivity index (χ4v) is 2.40. The highest BCUT2D eigenvalue weighted by molar-refractivity contribution is 5.94. The summed E-state index contributed by atoms with van der Waals surface area (Å²) in [4.78, 5) is 23.5. The minimum Gasteiger partial charge on any atom is -0.484 e. The molecule has 0 amide bonds. The third-order valence-corrected chi connectivity index (χ3v) is 4.07. The molecule has 2 atom stereocenters. The molecule has 2 rings (SSSR count). The summed E-state index contributed by atoms with van der Waals surface area (Å²) in [7, 11) is 1.71. The lowest BCUT2D eigenvalue weighted by Gasteiger charge is -2.39. The molecule has 22 heavy (non-hydrogen) atoms. The summed E-state index contributed by atoms with van der Waals surface area (Å²) in [6.45, 7) is 7.08. The van der Waals surface area contributed by atoms with E-state index in [4.69, 9.17) is 9.47 Å². The van der Waals surface area contributed by atoms with Crippen molar-refractivity contribution in [3.63, 3.8) is 0 Å². The van der Waals surface area contributed by atoms with Crippen LogP contribution >= 0.6 is 0 Å². The normalized spacial score (nSPS) is 20.5. The number of carbonyl (C=O) groups excluding carboxylic acids is 2. The van der Waals surface area contributed by atoms with Crippen LogP contribution in [0.1, 0.15) is 43.6 Å². The van der Waals surface area contributed by atoms with Gasteiger partial charge in [-0.05, 0) is 58.5 Å². The zero-order valence-corrected chi connectivity index (χ0v) is 13.7. The van der Waals surface area contributed by atoms with Crippen molar-refractivity contribution in [2.75, 3.05) is 7.05 Å². The van der Waals surface area contributed by atoms with Crippen molar-refractivity contribution in [3.05, 3.63) is 29.3 Å². The van der Waals surface area contributed by atoms with Crippen LogP contribution < -0.4 is 10.1 Å². The van der Waals surface area contributed by atoms with Crippen LogP contribution in [-0.4, -0.2) is 36.5 Å². The fraction of sp³-hybridized carbons (Fsp3) is 0.529. The number of likely N-dealkylation sites (N-methyl/N-ethyl adjacent to an activating group) is 1. The smallest absolute Gasteiger partial charge is 0.323 e. The molecule has 0 saturated heterocycles. The van der Waals surface area contributed by atoms with Gasteiger partial charge < -0.3 is 14.8 Å². The number of nitrogens with one attached hydrogen (secondary N) is 1. The van der Waals surface area contributed by atoms with Crippen molar-refractivity contribution in [3.8, 4) is 5.75 Å². The number of carbonyl (C=O) groups is 2. The Hall–Kier alpha value is -1.88. The van der Waals surface area contributed by atoms with Gasteiger partial charge in [0.25, 0.3) is 0 Å². The Morgan fingerprint density at radius 3 is 2.68 bits per heavy atom. The first-order valence-corrected chi connectivity index (χ1v) is 7.45. The molecule has 0 saturated carbocycles. The molecule has 0 aromatic heterocycles. The molecule has 0 unspecified atom stereocenters. The Morgan fingerprint density at radius 1 is 1.41 bits per heavy atom. The lowest BCUT2D eigenvalue weighted by Crippen LogP contribution is -2.50. The van der Waals surface area contributed by atoms with E-state index in [1.54, 1.807) is 20.0 Å². The minimum atomic E-state index is -0.617. The second-order valence-electron chi connectivity index (χ2n) is 6.22. The molecule has 1 aliphatic heterocycles. The predicted molar refractivity (Wildman–Crippen MR) is 83.3 cm³/mol. The Morgan fingerprint density at radius 2 is 2.09 bits per heavy atom. The molecule has 0 fully saturated rings. The summed E-state index contributed by atoms with van der Waals surface area (Å²) in [5, 5.41) is 2.86. The molecular formula is C17H23NO4. The van der Waals surface area contributed by atoms with Crippen molar-refractivity contribution in [1.82, 2.24) is 5.32 Å². The van der Waals surface area contributed by atoms with Crippen molar-refractivity contribution in [2.45, 2.75) is 51.9 Å². The van der Waals surface area contributed by atoms with Crippen LogP contribution in [0.3, 0.4) is 0 Å². The first-order valence-electron chi connectivity index (χ1n) is 7.45. The van der Waals surface area contributed by atoms with Gasteiger partial charge in [0.2, 0.25) is 0 Å². The van der Waals surface area contributed by atoms with E-state index < -0.39 is 11.7 Å². The lowest BCUT2D eigenvalue weighted by atomic mass is 9.89. The molecule has 0 aliphatic carbocycles. The maximum absolute atomic E-state index is 12.0. The van der Waals surface area contributed by atoms with Gasteiger partial charge in [0.05, 0.1) is 0 Å². The van der Waals surface area contributed by atoms with E-state index in [9.17, 15) is 9.59 Å². The van der Waals surface area contributed by atoms with Crippen molar-refractivity contribution in [2.24, 2.45) is 0 Å². The highest BCUT2D eigenvalue weighted by Gasteiger charge is 2.40. The monoisotopic (exact) mass is 305 g/mol. The van der Waals surface area contributed by atoms with E-state index in [0.717, 1.165) is 11.3 Å². The molecule has 5 heteroatoms. The van der Waals surface area contributed by atoms with Gasteiger partial charge >= 0.3 is 5.97 Å². The van der Waals surface area contributed by atoms with E-state index in [0.29, 0.717) is 12.0 Å². The van der Waals surface area contributed by atoms with Gasteiger partial charge in [-0.25, -0.2) is 0 Å². The largest absolute Gasteiger partial charge is 0.484 e. The molecule has 0 radical (unpaired) electrons. The number of rotatable bonds is 4. The molecule has 5 nitrogen and oxygen atoms in total. The van der Waals surface area contributed by atoms with Crippen LogP contribution in [0.5, 0.6) is 5.75 Å². The lowest BCUT2D eigenvalue weighted by molar-refractivity contribution is -0.163. The summed E-state index contributed by atoms with van der Waals surface area (Å²) < 4.78 is 11.6. The maximum Gasteiger partial charge on any atom is 0.323 e. The Balaban J connectivity index is 2.25. The van der Waals surface area contributed by atoms with Gasteiger partial charge in [-0.3, -0.25) is 9.59 Å². The molecule has 0 bridgehead atoms. The third kappa shape index (κ3) is 3.30. The zero-order chi connectivity index (χ0) is 16.5. The average molecular weight is 305 g/mol. The topological polar surface area (TPSA) is 64.6 Å². The molecular weight excluding hydrogens is 282 g/mol. The SMILES string of the molecule is CN[C@@H](C)C(=O)O[C@@H]1Cc2cc(C(C)=O)ccc2OC1(C)C. The second kappa shape index (κ2) is 6.08. The van der Waals surface area contributed by atoms with Gasteiger partial charge in [-0.1, -0.05) is 0 Å². The molecule has 1 N–H and O–H groups in total. The molecule has 1 aliphatic rings. The number of fused-ring (bicyclic) bond motifs is 1. The van der Waals surface area contributed by atoms with E-state index in [-0.39, 0.29) is 17.8 Å². The number of esters is 1. The van der Waals surface area contributed by atoms with E-state index in [2.05, 4.69) is 5.32 Å². The fourth-order valence-electron chi connectivity index (χ4n) is 2.40. The van der Waals surface area contributed by atoms with E-state index >= 15 is 0 Å². The average Bonchev–Trinajstić information content (AvgIpc) is 2.45. The Labute approximate surface area is 131 Å². The quantitative estimate of drug-likeness (QED) is 0.682. The van der Waals surface area contributed by atoms with Crippen LogP contribution in [-0.2, 0) is 16.0 Å². The zero-order valence-electron chi connectivity index (χ0n) is 13.7. The van der Waals surface area contributed by atoms with E-state index in [1.807, 2.05) is 26.0 Å². The number of hydrogen-bond acceptors (Lipinski definition) is 5. The van der Waals surface area contributed by atoms with Gasteiger partial charge in [-0.2, -0.15) is 0 Å². The predicted octanol–water partition coefficient (Wildman–Crippen LogP) is 2.12. The minimum absolute atomic E-state index is 0.00461. The summed E-state index contributed by atoms with van der Waals surface area (Å²) in [5.41, 5.74) is 0.908. The van der Waals surface area contributed by atoms with Crippen molar-refractivity contribution >= 4 is 11.8 Å². The maximum atomic E-state index is 12.0. The molecule has 120 valence electrons. The standard InChI is InChI=1S/C17H23NO4/c1-10(18-5)16(20)21-15-9-13-8-12(11(2)19)6-7-14(13)22-17(15,3)4/h6-8,10,15,18H,9H2,1-5H3/t10-,15+/m0/s1. The van der Waals surface area contributed by atoms with Crippen LogP contribution in [0, 0.1) is 0 Å². The van der Waals surface area contributed by atoms with Gasteiger partial charge in [0, 0.05) is 12.0 Å². The van der Waals surface area contributed by atoms with Crippen molar-refractivity contribution in [1.29, 1.82) is 0 Å². The first kappa shape index (κ1) is 16.5. The summed E-state index contributed by atoms with van der Waals surface area (Å²) in [6.07, 6.45) is 0.136. The van der Waals surface area contributed by atoms with Gasteiger partial charge in [0.1, 0.15) is 23.5 Å². The van der Waals surface area contributed by atoms with Gasteiger partial charge in [0.15, 0.2) is 5.78 Å². The van der Waals surface area contributed by atoms with Gasteiger partial charge in [-0.15, -0.1) is 0 Å².